The summed E-state index contributed by atoms with van der Waals surface area (Å²) in [5, 5.41) is 29.2. The Labute approximate surface area is 203 Å². The third-order valence-electron chi connectivity index (χ3n) is 5.78. The number of hydrogen-bond acceptors (Lipinski definition) is 5. The van der Waals surface area contributed by atoms with Crippen molar-refractivity contribution in [3.05, 3.63) is 119 Å². The number of nitrogen functional groups attached to an aromatic ring is 1. The average Bonchev–Trinajstić information content (AvgIpc) is 2.87. The molecule has 0 radical (unpaired) electrons. The molecule has 0 aromatic heterocycles. The molecule has 0 saturated heterocycles. The number of nitrogens with one attached hydrogen (secondary N) is 1. The van der Waals surface area contributed by atoms with Gasteiger partial charge in [0.15, 0.2) is 5.78 Å². The Hall–Kier alpha value is -4.42. The fraction of sp³-hybridized carbons (Fsp3) is 0.103. The fourth-order valence-electron chi connectivity index (χ4n) is 3.89. The summed E-state index contributed by atoms with van der Waals surface area (Å²) >= 11 is 0. The number of rotatable bonds is 8. The zero-order chi connectivity index (χ0) is 24.9. The van der Waals surface area contributed by atoms with Crippen LogP contribution >= 0.6 is 0 Å². The second-order valence-electron chi connectivity index (χ2n) is 8.23. The third kappa shape index (κ3) is 5.23. The number of carbonyl (C=O) groups excluding carboxylic acids is 1. The monoisotopic (exact) mass is 466 g/mol. The molecule has 0 heterocycles. The van der Waals surface area contributed by atoms with E-state index in [4.69, 9.17) is 15.9 Å². The molecule has 1 atom stereocenters. The van der Waals surface area contributed by atoms with Crippen LogP contribution in [-0.4, -0.2) is 21.8 Å². The van der Waals surface area contributed by atoms with Crippen LogP contribution in [0.15, 0.2) is 91.0 Å². The highest BCUT2D eigenvalue weighted by Gasteiger charge is 2.18. The number of aliphatic hydroxyl groups is 1. The molecule has 0 aliphatic heterocycles. The highest BCUT2D eigenvalue weighted by Crippen LogP contribution is 2.40. The van der Waals surface area contributed by atoms with Crippen LogP contribution in [0.1, 0.15) is 45.6 Å². The Morgan fingerprint density at radius 1 is 0.943 bits per heavy atom. The molecular formula is C29H26N2O4. The third-order valence-corrected chi connectivity index (χ3v) is 5.78. The van der Waals surface area contributed by atoms with E-state index in [0.717, 1.165) is 11.1 Å². The van der Waals surface area contributed by atoms with Gasteiger partial charge >= 0.3 is 0 Å². The number of aromatic hydroxyl groups is 1. The smallest absolute Gasteiger partial charge is 0.163 e. The van der Waals surface area contributed by atoms with Gasteiger partial charge in [0.05, 0.1) is 11.1 Å². The minimum Gasteiger partial charge on any atom is -0.506 e. The lowest BCUT2D eigenvalue weighted by molar-refractivity contribution is 0.101. The number of ether oxygens (including phenoxy) is 1. The second-order valence-corrected chi connectivity index (χ2v) is 8.23. The molecule has 4 aromatic carbocycles. The molecule has 176 valence electrons. The number of carbonyl (C=O) groups is 1. The molecule has 5 N–H and O–H groups in total. The number of benzene rings is 4. The molecule has 6 heteroatoms. The highest BCUT2D eigenvalue weighted by atomic mass is 16.5. The molecule has 35 heavy (non-hydrogen) atoms. The summed E-state index contributed by atoms with van der Waals surface area (Å²) in [7, 11) is 0. The van der Waals surface area contributed by atoms with E-state index in [1.807, 2.05) is 54.6 Å². The van der Waals surface area contributed by atoms with Crippen LogP contribution < -0.4 is 10.5 Å². The summed E-state index contributed by atoms with van der Waals surface area (Å²) in [5.74, 6) is 0.0781. The van der Waals surface area contributed by atoms with Crippen LogP contribution in [-0.2, 0) is 6.61 Å². The largest absolute Gasteiger partial charge is 0.506 e. The lowest BCUT2D eigenvalue weighted by Gasteiger charge is -2.16. The summed E-state index contributed by atoms with van der Waals surface area (Å²) in [5.41, 5.74) is 9.78. The zero-order valence-electron chi connectivity index (χ0n) is 19.2. The zero-order valence-corrected chi connectivity index (χ0v) is 19.2. The van der Waals surface area contributed by atoms with Crippen molar-refractivity contribution < 1.29 is 19.7 Å². The number of Topliss-reactive ketones (excluding diaryl/α,β-unsaturated/α-hetero) is 1. The quantitative estimate of drug-likeness (QED) is 0.162. The van der Waals surface area contributed by atoms with Crippen molar-refractivity contribution in [1.82, 2.24) is 0 Å². The minimum atomic E-state index is -0.856. The van der Waals surface area contributed by atoms with Gasteiger partial charge in [-0.1, -0.05) is 72.8 Å². The van der Waals surface area contributed by atoms with Crippen LogP contribution in [0.4, 0.5) is 0 Å². The minimum absolute atomic E-state index is 0.0520. The van der Waals surface area contributed by atoms with Crippen molar-refractivity contribution in [3.8, 4) is 22.6 Å². The Kier molecular flexibility index (Phi) is 6.94. The fourth-order valence-corrected chi connectivity index (χ4v) is 3.89. The first kappa shape index (κ1) is 23.7. The maximum absolute atomic E-state index is 11.9. The van der Waals surface area contributed by atoms with Gasteiger partial charge in [-0.3, -0.25) is 10.2 Å². The van der Waals surface area contributed by atoms with Gasteiger partial charge in [0.1, 0.15) is 30.0 Å². The number of nitrogens with two attached hydrogens (primary N) is 1. The summed E-state index contributed by atoms with van der Waals surface area (Å²) in [6, 6.07) is 26.9. The van der Waals surface area contributed by atoms with Crippen molar-refractivity contribution in [3.63, 3.8) is 0 Å². The first-order chi connectivity index (χ1) is 16.8. The van der Waals surface area contributed by atoms with E-state index in [-0.39, 0.29) is 29.5 Å². The molecule has 0 spiro atoms. The van der Waals surface area contributed by atoms with E-state index in [1.54, 1.807) is 36.4 Å². The summed E-state index contributed by atoms with van der Waals surface area (Å²) in [6.45, 7) is 1.64. The maximum atomic E-state index is 11.9. The van der Waals surface area contributed by atoms with Crippen molar-refractivity contribution in [1.29, 1.82) is 5.41 Å². The van der Waals surface area contributed by atoms with Crippen LogP contribution in [0.2, 0.25) is 0 Å². The van der Waals surface area contributed by atoms with Crippen LogP contribution in [0.3, 0.4) is 0 Å². The lowest BCUT2D eigenvalue weighted by atomic mass is 9.98. The maximum Gasteiger partial charge on any atom is 0.163 e. The molecule has 4 rings (SSSR count). The standard InChI is InChI=1S/C29H26N2O4/c1-18(32)24-14-15-25(26(28(24)34)20-6-3-2-4-7-20)35-17-19-10-12-21(13-11-19)27(33)22-8-5-9-23(16-22)29(30)31/h2-16,27,33-34H,17H2,1H3,(H3,30,31). The van der Waals surface area contributed by atoms with Gasteiger partial charge in [0, 0.05) is 5.56 Å². The van der Waals surface area contributed by atoms with Gasteiger partial charge < -0.3 is 20.7 Å². The molecule has 0 saturated carbocycles. The van der Waals surface area contributed by atoms with E-state index in [9.17, 15) is 15.0 Å². The summed E-state index contributed by atoms with van der Waals surface area (Å²) in [6.07, 6.45) is -0.856. The van der Waals surface area contributed by atoms with E-state index >= 15 is 0 Å². The van der Waals surface area contributed by atoms with E-state index in [2.05, 4.69) is 0 Å². The van der Waals surface area contributed by atoms with Gasteiger partial charge in [-0.25, -0.2) is 0 Å². The van der Waals surface area contributed by atoms with Crippen LogP contribution in [0, 0.1) is 5.41 Å². The molecule has 0 aliphatic rings. The first-order valence-electron chi connectivity index (χ1n) is 11.1. The number of amidine groups is 1. The predicted molar refractivity (Wildman–Crippen MR) is 136 cm³/mol. The van der Waals surface area contributed by atoms with Crippen molar-refractivity contribution in [2.75, 3.05) is 0 Å². The molecule has 0 fully saturated rings. The lowest BCUT2D eigenvalue weighted by Crippen LogP contribution is -2.12. The predicted octanol–water partition coefficient (Wildman–Crippen LogP) is 5.21. The molecule has 0 amide bonds. The SMILES string of the molecule is CC(=O)c1ccc(OCc2ccc(C(O)c3cccc(C(=N)N)c3)cc2)c(-c2ccccc2)c1O. The molecule has 0 bridgehead atoms. The Balaban J connectivity index is 1.55. The van der Waals surface area contributed by atoms with Gasteiger partial charge in [-0.2, -0.15) is 0 Å². The molecule has 1 unspecified atom stereocenters. The van der Waals surface area contributed by atoms with Crippen molar-refractivity contribution in [2.45, 2.75) is 19.6 Å². The Morgan fingerprint density at radius 2 is 1.66 bits per heavy atom. The molecule has 6 nitrogen and oxygen atoms in total. The van der Waals surface area contributed by atoms with Crippen molar-refractivity contribution >= 4 is 11.6 Å². The number of aliphatic hydroxyl groups excluding tert-OH is 1. The molecular weight excluding hydrogens is 440 g/mol. The van der Waals surface area contributed by atoms with Crippen LogP contribution in [0.5, 0.6) is 11.5 Å². The summed E-state index contributed by atoms with van der Waals surface area (Å²) < 4.78 is 6.05. The Bertz CT molecular complexity index is 1370. The van der Waals surface area contributed by atoms with Gasteiger partial charge in [0.25, 0.3) is 0 Å². The second kappa shape index (κ2) is 10.2. The Morgan fingerprint density at radius 3 is 2.31 bits per heavy atom. The first-order valence-corrected chi connectivity index (χ1v) is 11.1. The number of hydrogen-bond donors (Lipinski definition) is 4. The van der Waals surface area contributed by atoms with Crippen molar-refractivity contribution in [2.24, 2.45) is 5.73 Å². The number of phenols is 1. The van der Waals surface area contributed by atoms with Crippen LogP contribution in [0.25, 0.3) is 11.1 Å². The molecule has 0 aliphatic carbocycles. The van der Waals surface area contributed by atoms with Gasteiger partial charge in [-0.05, 0) is 47.4 Å². The average molecular weight is 467 g/mol. The van der Waals surface area contributed by atoms with Gasteiger partial charge in [0.2, 0.25) is 0 Å². The summed E-state index contributed by atoms with van der Waals surface area (Å²) in [4.78, 5) is 11.9. The van der Waals surface area contributed by atoms with E-state index < -0.39 is 6.10 Å². The van der Waals surface area contributed by atoms with E-state index in [1.165, 1.54) is 6.92 Å². The number of ketones is 1. The van der Waals surface area contributed by atoms with E-state index in [0.29, 0.717) is 28.0 Å². The topological polar surface area (TPSA) is 117 Å². The molecule has 4 aromatic rings. The highest BCUT2D eigenvalue weighted by molar-refractivity contribution is 6.00. The number of phenolic OH excluding ortho intramolecular Hbond substituents is 1. The normalized spacial score (nSPS) is 11.6. The van der Waals surface area contributed by atoms with Gasteiger partial charge in [-0.15, -0.1) is 0 Å².